The Hall–Kier alpha value is -3.02. The highest BCUT2D eigenvalue weighted by Crippen LogP contribution is 2.19. The molecule has 0 saturated carbocycles. The van der Waals surface area contributed by atoms with Gasteiger partial charge >= 0.3 is 12.0 Å². The third kappa shape index (κ3) is 5.53. The Kier molecular flexibility index (Phi) is 6.39. The minimum absolute atomic E-state index is 0.171. The Morgan fingerprint density at radius 1 is 1.16 bits per heavy atom. The fraction of sp³-hybridized carbons (Fsp3) is 0.263. The molecule has 2 rings (SSSR count). The van der Waals surface area contributed by atoms with Crippen LogP contribution in [-0.4, -0.2) is 23.7 Å². The summed E-state index contributed by atoms with van der Waals surface area (Å²) in [7, 11) is 0. The van der Waals surface area contributed by atoms with Gasteiger partial charge in [-0.2, -0.15) is 0 Å². The minimum Gasteiger partial charge on any atom is -0.494 e. The molecular weight excluding hydrogens is 320 g/mol. The highest BCUT2D eigenvalue weighted by Gasteiger charge is 2.10. The van der Waals surface area contributed by atoms with Crippen molar-refractivity contribution in [3.8, 4) is 5.75 Å². The Morgan fingerprint density at radius 3 is 2.52 bits per heavy atom. The fourth-order valence-electron chi connectivity index (χ4n) is 2.32. The second kappa shape index (κ2) is 8.73. The Labute approximate surface area is 146 Å². The maximum Gasteiger partial charge on any atom is 0.335 e. The van der Waals surface area contributed by atoms with Crippen LogP contribution >= 0.6 is 0 Å². The molecular formula is C19H22N2O4. The Bertz CT molecular complexity index is 728. The third-order valence-electron chi connectivity index (χ3n) is 3.67. The van der Waals surface area contributed by atoms with E-state index < -0.39 is 5.97 Å². The van der Waals surface area contributed by atoms with Crippen molar-refractivity contribution in [2.45, 2.75) is 26.4 Å². The normalized spacial score (nSPS) is 11.4. The van der Waals surface area contributed by atoms with Crippen molar-refractivity contribution in [1.29, 1.82) is 0 Å². The van der Waals surface area contributed by atoms with E-state index in [2.05, 4.69) is 10.6 Å². The fourth-order valence-corrected chi connectivity index (χ4v) is 2.32. The monoisotopic (exact) mass is 342 g/mol. The SMILES string of the molecule is CCOc1cccc(C(C)NC(=O)NCc2ccc(C(=O)O)cc2)c1. The predicted molar refractivity (Wildman–Crippen MR) is 94.8 cm³/mol. The summed E-state index contributed by atoms with van der Waals surface area (Å²) in [6.07, 6.45) is 0. The summed E-state index contributed by atoms with van der Waals surface area (Å²) in [5, 5.41) is 14.5. The van der Waals surface area contributed by atoms with Gasteiger partial charge in [0.2, 0.25) is 0 Å². The van der Waals surface area contributed by atoms with E-state index in [0.29, 0.717) is 13.2 Å². The standard InChI is InChI=1S/C19H22N2O4/c1-3-25-17-6-4-5-16(11-17)13(2)21-19(24)20-12-14-7-9-15(10-8-14)18(22)23/h4-11,13H,3,12H2,1-2H3,(H,22,23)(H2,20,21,24). The summed E-state index contributed by atoms with van der Waals surface area (Å²) in [5.74, 6) is -0.201. The molecule has 2 aromatic carbocycles. The van der Waals surface area contributed by atoms with Crippen LogP contribution in [0.15, 0.2) is 48.5 Å². The number of ether oxygens (including phenoxy) is 1. The molecule has 0 aliphatic rings. The molecule has 6 nitrogen and oxygen atoms in total. The lowest BCUT2D eigenvalue weighted by Crippen LogP contribution is -2.36. The van der Waals surface area contributed by atoms with Crippen molar-refractivity contribution in [1.82, 2.24) is 10.6 Å². The van der Waals surface area contributed by atoms with Gasteiger partial charge in [-0.3, -0.25) is 0 Å². The van der Waals surface area contributed by atoms with Crippen LogP contribution in [0.3, 0.4) is 0 Å². The first-order chi connectivity index (χ1) is 12.0. The second-order valence-electron chi connectivity index (χ2n) is 5.56. The molecule has 132 valence electrons. The number of carbonyl (C=O) groups is 2. The van der Waals surface area contributed by atoms with Gasteiger partial charge in [0.25, 0.3) is 0 Å². The maximum atomic E-state index is 12.0. The molecule has 0 saturated heterocycles. The van der Waals surface area contributed by atoms with E-state index in [1.807, 2.05) is 38.1 Å². The molecule has 3 N–H and O–H groups in total. The number of urea groups is 1. The highest BCUT2D eigenvalue weighted by molar-refractivity contribution is 5.87. The van der Waals surface area contributed by atoms with Crippen molar-refractivity contribution in [3.05, 3.63) is 65.2 Å². The minimum atomic E-state index is -0.972. The summed E-state index contributed by atoms with van der Waals surface area (Å²) in [4.78, 5) is 22.8. The molecule has 0 aliphatic heterocycles. The van der Waals surface area contributed by atoms with Gasteiger partial charge in [0.05, 0.1) is 18.2 Å². The lowest BCUT2D eigenvalue weighted by molar-refractivity contribution is 0.0697. The van der Waals surface area contributed by atoms with Crippen molar-refractivity contribution < 1.29 is 19.4 Å². The molecule has 6 heteroatoms. The van der Waals surface area contributed by atoms with E-state index in [-0.39, 0.29) is 17.6 Å². The zero-order chi connectivity index (χ0) is 18.2. The van der Waals surface area contributed by atoms with Crippen molar-refractivity contribution >= 4 is 12.0 Å². The van der Waals surface area contributed by atoms with Crippen LogP contribution in [0.4, 0.5) is 4.79 Å². The van der Waals surface area contributed by atoms with E-state index in [1.54, 1.807) is 12.1 Å². The number of amides is 2. The van der Waals surface area contributed by atoms with Gasteiger partial charge in [-0.15, -0.1) is 0 Å². The number of hydrogen-bond acceptors (Lipinski definition) is 3. The zero-order valence-electron chi connectivity index (χ0n) is 14.3. The first-order valence-corrected chi connectivity index (χ1v) is 8.09. The smallest absolute Gasteiger partial charge is 0.335 e. The van der Waals surface area contributed by atoms with E-state index >= 15 is 0 Å². The molecule has 0 aromatic heterocycles. The van der Waals surface area contributed by atoms with Crippen LogP contribution in [0.5, 0.6) is 5.75 Å². The van der Waals surface area contributed by atoms with Gasteiger partial charge in [-0.25, -0.2) is 9.59 Å². The van der Waals surface area contributed by atoms with Gasteiger partial charge < -0.3 is 20.5 Å². The lowest BCUT2D eigenvalue weighted by atomic mass is 10.1. The number of aromatic carboxylic acids is 1. The van der Waals surface area contributed by atoms with Crippen molar-refractivity contribution in [3.63, 3.8) is 0 Å². The number of carboxylic acids is 1. The van der Waals surface area contributed by atoms with E-state index in [9.17, 15) is 9.59 Å². The van der Waals surface area contributed by atoms with Crippen molar-refractivity contribution in [2.75, 3.05) is 6.61 Å². The summed E-state index contributed by atoms with van der Waals surface area (Å²) in [6.45, 7) is 4.72. The number of benzene rings is 2. The van der Waals surface area contributed by atoms with Crippen LogP contribution in [0, 0.1) is 0 Å². The van der Waals surface area contributed by atoms with Gasteiger partial charge in [-0.1, -0.05) is 24.3 Å². The molecule has 0 bridgehead atoms. The van der Waals surface area contributed by atoms with Crippen LogP contribution in [0.25, 0.3) is 0 Å². The molecule has 0 radical (unpaired) electrons. The van der Waals surface area contributed by atoms with Crippen LogP contribution in [0.1, 0.15) is 41.4 Å². The Balaban J connectivity index is 1.87. The Morgan fingerprint density at radius 2 is 1.88 bits per heavy atom. The highest BCUT2D eigenvalue weighted by atomic mass is 16.5. The van der Waals surface area contributed by atoms with Crippen LogP contribution in [-0.2, 0) is 6.54 Å². The zero-order valence-corrected chi connectivity index (χ0v) is 14.3. The molecule has 0 spiro atoms. The van der Waals surface area contributed by atoms with E-state index in [1.165, 1.54) is 12.1 Å². The number of carbonyl (C=O) groups excluding carboxylic acids is 1. The molecule has 1 unspecified atom stereocenters. The first-order valence-electron chi connectivity index (χ1n) is 8.09. The van der Waals surface area contributed by atoms with Crippen LogP contribution < -0.4 is 15.4 Å². The second-order valence-corrected chi connectivity index (χ2v) is 5.56. The van der Waals surface area contributed by atoms with Gasteiger partial charge in [0.1, 0.15) is 5.75 Å². The van der Waals surface area contributed by atoms with Crippen LogP contribution in [0.2, 0.25) is 0 Å². The maximum absolute atomic E-state index is 12.0. The summed E-state index contributed by atoms with van der Waals surface area (Å²) in [6, 6.07) is 13.5. The average molecular weight is 342 g/mol. The summed E-state index contributed by atoms with van der Waals surface area (Å²) in [5.41, 5.74) is 1.99. The molecule has 1 atom stereocenters. The van der Waals surface area contributed by atoms with Gasteiger partial charge in [-0.05, 0) is 49.2 Å². The van der Waals surface area contributed by atoms with Gasteiger partial charge in [0, 0.05) is 6.54 Å². The lowest BCUT2D eigenvalue weighted by Gasteiger charge is -2.16. The molecule has 2 amide bonds. The number of carboxylic acid groups (broad SMARTS) is 1. The third-order valence-corrected chi connectivity index (χ3v) is 3.67. The number of rotatable bonds is 7. The molecule has 0 fully saturated rings. The first kappa shape index (κ1) is 18.3. The molecule has 25 heavy (non-hydrogen) atoms. The largest absolute Gasteiger partial charge is 0.494 e. The van der Waals surface area contributed by atoms with Gasteiger partial charge in [0.15, 0.2) is 0 Å². The number of nitrogens with one attached hydrogen (secondary N) is 2. The molecule has 0 aliphatic carbocycles. The molecule has 2 aromatic rings. The van der Waals surface area contributed by atoms with Crippen molar-refractivity contribution in [2.24, 2.45) is 0 Å². The summed E-state index contributed by atoms with van der Waals surface area (Å²) >= 11 is 0. The van der Waals surface area contributed by atoms with E-state index in [4.69, 9.17) is 9.84 Å². The quantitative estimate of drug-likeness (QED) is 0.720. The van der Waals surface area contributed by atoms with E-state index in [0.717, 1.165) is 16.9 Å². The molecule has 0 heterocycles. The summed E-state index contributed by atoms with van der Waals surface area (Å²) < 4.78 is 5.46. The average Bonchev–Trinajstić information content (AvgIpc) is 2.61. The topological polar surface area (TPSA) is 87.7 Å². The number of hydrogen-bond donors (Lipinski definition) is 3. The predicted octanol–water partition coefficient (Wildman–Crippen LogP) is 3.34.